The molecule has 0 amide bonds. The van der Waals surface area contributed by atoms with Gasteiger partial charge in [-0.3, -0.25) is 4.57 Å². The monoisotopic (exact) mass is 475 g/mol. The van der Waals surface area contributed by atoms with Crippen molar-refractivity contribution in [2.24, 2.45) is 0 Å². The Morgan fingerprint density at radius 2 is 1.50 bits per heavy atom. The van der Waals surface area contributed by atoms with Crippen LogP contribution in [-0.2, 0) is 4.57 Å². The van der Waals surface area contributed by atoms with Crippen molar-refractivity contribution in [3.8, 4) is 11.5 Å². The smallest absolute Gasteiger partial charge is 0.325 e. The van der Waals surface area contributed by atoms with Gasteiger partial charge in [-0.05, 0) is 49.2 Å². The van der Waals surface area contributed by atoms with Crippen LogP contribution in [0.15, 0.2) is 45.3 Å². The molecule has 1 heterocycles. The van der Waals surface area contributed by atoms with Gasteiger partial charge < -0.3 is 19.4 Å². The topological polar surface area (TPSA) is 70.0 Å². The molecule has 1 aliphatic rings. The summed E-state index contributed by atoms with van der Waals surface area (Å²) in [5, 5.41) is 0. The number of unbranched alkanes of at least 4 members (excludes halogenated alkanes) is 1. The summed E-state index contributed by atoms with van der Waals surface area (Å²) < 4.78 is 18.9. The van der Waals surface area contributed by atoms with Crippen LogP contribution in [0.1, 0.15) is 12.8 Å². The van der Waals surface area contributed by atoms with Crippen LogP contribution in [0.2, 0.25) is 0 Å². The maximum atomic E-state index is 11.0. The summed E-state index contributed by atoms with van der Waals surface area (Å²) in [7, 11) is -3.94. The number of nitrogens with zero attached hydrogens (tertiary/aromatic N) is 1. The fraction of sp³-hybridized carbons (Fsp3) is 0.250. The first-order chi connectivity index (χ1) is 11.3. The molecule has 2 aromatic rings. The van der Waals surface area contributed by atoms with E-state index in [0.717, 1.165) is 31.8 Å². The van der Waals surface area contributed by atoms with E-state index < -0.39 is 7.60 Å². The van der Waals surface area contributed by atoms with E-state index >= 15 is 0 Å². The first-order valence-corrected chi connectivity index (χ1v) is 10.8. The van der Waals surface area contributed by atoms with E-state index in [1.807, 2.05) is 36.4 Å². The van der Waals surface area contributed by atoms with Crippen LogP contribution in [0.4, 0.5) is 11.4 Å². The van der Waals surface area contributed by atoms with Crippen LogP contribution in [0, 0.1) is 0 Å². The highest BCUT2D eigenvalue weighted by Crippen LogP contribution is 2.48. The molecule has 0 saturated carbocycles. The molecule has 0 saturated heterocycles. The second-order valence-corrected chi connectivity index (χ2v) is 9.18. The van der Waals surface area contributed by atoms with Crippen molar-refractivity contribution < 1.29 is 19.1 Å². The maximum absolute atomic E-state index is 11.0. The van der Waals surface area contributed by atoms with Gasteiger partial charge in [0.1, 0.15) is 0 Å². The third kappa shape index (κ3) is 4.21. The lowest BCUT2D eigenvalue weighted by atomic mass is 10.1. The lowest BCUT2D eigenvalue weighted by Crippen LogP contribution is -2.22. The van der Waals surface area contributed by atoms with Crippen LogP contribution >= 0.6 is 39.5 Å². The van der Waals surface area contributed by atoms with E-state index in [1.165, 1.54) is 0 Å². The average molecular weight is 477 g/mol. The molecule has 24 heavy (non-hydrogen) atoms. The lowest BCUT2D eigenvalue weighted by molar-refractivity contribution is 0.371. The van der Waals surface area contributed by atoms with Gasteiger partial charge in [-0.2, -0.15) is 0 Å². The van der Waals surface area contributed by atoms with Gasteiger partial charge >= 0.3 is 7.60 Å². The summed E-state index contributed by atoms with van der Waals surface area (Å²) in [5.74, 6) is 1.51. The first kappa shape index (κ1) is 18.0. The third-order valence-corrected chi connectivity index (χ3v) is 5.61. The fourth-order valence-electron chi connectivity index (χ4n) is 2.66. The molecule has 128 valence electrons. The molecule has 2 aromatic carbocycles. The molecule has 0 bridgehead atoms. The average Bonchev–Trinajstić information content (AvgIpc) is 2.49. The largest absolute Gasteiger partial charge is 0.453 e. The van der Waals surface area contributed by atoms with Crippen LogP contribution in [-0.4, -0.2) is 22.5 Å². The number of anilines is 2. The number of hydrogen-bond acceptors (Lipinski definition) is 3. The van der Waals surface area contributed by atoms with E-state index in [9.17, 15) is 4.57 Å². The SMILES string of the molecule is O=P(O)(O)CCCCN1c2ccc(Br)cc2Oc2cc(Br)ccc21. The number of benzene rings is 2. The minimum atomic E-state index is -3.94. The Bertz CT molecular complexity index is 757. The van der Waals surface area contributed by atoms with Gasteiger partial charge in [-0.1, -0.05) is 31.9 Å². The molecule has 5 nitrogen and oxygen atoms in total. The molecule has 0 aliphatic carbocycles. The highest BCUT2D eigenvalue weighted by Gasteiger charge is 2.24. The normalized spacial score (nSPS) is 13.2. The number of ether oxygens (including phenoxy) is 1. The maximum Gasteiger partial charge on any atom is 0.325 e. The van der Waals surface area contributed by atoms with Crippen molar-refractivity contribution >= 4 is 50.8 Å². The van der Waals surface area contributed by atoms with E-state index in [2.05, 4.69) is 36.8 Å². The number of halogens is 2. The minimum absolute atomic E-state index is 0.0856. The predicted molar refractivity (Wildman–Crippen MR) is 102 cm³/mol. The van der Waals surface area contributed by atoms with Gasteiger partial charge in [0.25, 0.3) is 0 Å². The summed E-state index contributed by atoms with van der Waals surface area (Å²) in [6, 6.07) is 11.7. The zero-order valence-corrected chi connectivity index (χ0v) is 16.7. The molecule has 8 heteroatoms. The zero-order valence-electron chi connectivity index (χ0n) is 12.7. The summed E-state index contributed by atoms with van der Waals surface area (Å²) in [6.07, 6.45) is 1.06. The molecule has 2 N–H and O–H groups in total. The Balaban J connectivity index is 1.86. The van der Waals surface area contributed by atoms with E-state index in [4.69, 9.17) is 14.5 Å². The van der Waals surface area contributed by atoms with E-state index in [1.54, 1.807) is 0 Å². The summed E-state index contributed by atoms with van der Waals surface area (Å²) >= 11 is 6.91. The highest BCUT2D eigenvalue weighted by atomic mass is 79.9. The van der Waals surface area contributed by atoms with Gasteiger partial charge in [0.05, 0.1) is 11.4 Å². The van der Waals surface area contributed by atoms with Crippen LogP contribution in [0.25, 0.3) is 0 Å². The number of fused-ring (bicyclic) bond motifs is 2. The van der Waals surface area contributed by atoms with Gasteiger partial charge in [0.15, 0.2) is 11.5 Å². The summed E-state index contributed by atoms with van der Waals surface area (Å²) in [4.78, 5) is 20.1. The van der Waals surface area contributed by atoms with Gasteiger partial charge in [0, 0.05) is 21.7 Å². The van der Waals surface area contributed by atoms with E-state index in [0.29, 0.717) is 19.4 Å². The van der Waals surface area contributed by atoms with Crippen molar-refractivity contribution in [1.29, 1.82) is 0 Å². The molecule has 0 aromatic heterocycles. The molecule has 0 spiro atoms. The molecule has 3 rings (SSSR count). The van der Waals surface area contributed by atoms with Crippen LogP contribution < -0.4 is 9.64 Å². The first-order valence-electron chi connectivity index (χ1n) is 7.42. The minimum Gasteiger partial charge on any atom is -0.453 e. The zero-order chi connectivity index (χ0) is 17.3. The Morgan fingerprint density at radius 1 is 0.958 bits per heavy atom. The Kier molecular flexibility index (Phi) is 5.37. The standard InChI is InChI=1S/C16H16Br2NO4P/c17-11-3-5-13-15(9-11)23-16-10-12(18)4-6-14(16)19(13)7-1-2-8-24(20,21)22/h3-6,9-10H,1-2,7-8H2,(H2,20,21,22). The summed E-state index contributed by atoms with van der Waals surface area (Å²) in [5.41, 5.74) is 1.90. The second kappa shape index (κ2) is 7.18. The molecular formula is C16H16Br2NO4P. The van der Waals surface area contributed by atoms with Crippen LogP contribution in [0.3, 0.4) is 0 Å². The van der Waals surface area contributed by atoms with Gasteiger partial charge in [0.2, 0.25) is 0 Å². The van der Waals surface area contributed by atoms with E-state index in [-0.39, 0.29) is 6.16 Å². The molecule has 0 unspecified atom stereocenters. The molecule has 1 aliphatic heterocycles. The Hall–Kier alpha value is -0.850. The Morgan fingerprint density at radius 3 is 2.00 bits per heavy atom. The lowest BCUT2D eigenvalue weighted by Gasteiger charge is -2.33. The summed E-state index contributed by atoms with van der Waals surface area (Å²) in [6.45, 7) is 0.659. The Labute approximate surface area is 157 Å². The van der Waals surface area contributed by atoms with Gasteiger partial charge in [-0.25, -0.2) is 0 Å². The van der Waals surface area contributed by atoms with Crippen LogP contribution in [0.5, 0.6) is 11.5 Å². The molecular weight excluding hydrogens is 461 g/mol. The quantitative estimate of drug-likeness (QED) is 0.445. The molecule has 0 radical (unpaired) electrons. The van der Waals surface area contributed by atoms with Gasteiger partial charge in [-0.15, -0.1) is 0 Å². The van der Waals surface area contributed by atoms with Crippen molar-refractivity contribution in [2.45, 2.75) is 12.8 Å². The van der Waals surface area contributed by atoms with Crippen molar-refractivity contribution in [3.63, 3.8) is 0 Å². The van der Waals surface area contributed by atoms with Crippen molar-refractivity contribution in [2.75, 3.05) is 17.6 Å². The second-order valence-electron chi connectivity index (χ2n) is 5.57. The predicted octanol–water partition coefficient (Wildman–Crippen LogP) is 5.41. The highest BCUT2D eigenvalue weighted by molar-refractivity contribution is 9.10. The number of hydrogen-bond donors (Lipinski definition) is 2. The molecule has 0 atom stereocenters. The number of rotatable bonds is 5. The van der Waals surface area contributed by atoms with Crippen molar-refractivity contribution in [3.05, 3.63) is 45.3 Å². The third-order valence-electron chi connectivity index (χ3n) is 3.73. The fourth-order valence-corrected chi connectivity index (χ4v) is 3.98. The molecule has 0 fully saturated rings. The van der Waals surface area contributed by atoms with Crippen molar-refractivity contribution in [1.82, 2.24) is 0 Å².